The highest BCUT2D eigenvalue weighted by Crippen LogP contribution is 2.33. The number of anilines is 1. The summed E-state index contributed by atoms with van der Waals surface area (Å²) in [7, 11) is 1.62. The van der Waals surface area contributed by atoms with Gasteiger partial charge in [0.2, 0.25) is 5.95 Å². The lowest BCUT2D eigenvalue weighted by molar-refractivity contribution is -0.388. The van der Waals surface area contributed by atoms with Gasteiger partial charge in [-0.2, -0.15) is 4.98 Å². The molecular formula is C11H9FN4O2S. The minimum Gasteiger partial charge on any atom is -0.357 e. The summed E-state index contributed by atoms with van der Waals surface area (Å²) in [6.07, 6.45) is 1.14. The number of hydrogen-bond acceptors (Lipinski definition) is 6. The first-order chi connectivity index (χ1) is 9.10. The van der Waals surface area contributed by atoms with E-state index >= 15 is 0 Å². The van der Waals surface area contributed by atoms with Crippen molar-refractivity contribution in [2.75, 3.05) is 12.4 Å². The van der Waals surface area contributed by atoms with Gasteiger partial charge in [-0.3, -0.25) is 10.1 Å². The molecule has 0 fully saturated rings. The van der Waals surface area contributed by atoms with E-state index in [2.05, 4.69) is 15.3 Å². The summed E-state index contributed by atoms with van der Waals surface area (Å²) < 4.78 is 12.8. The van der Waals surface area contributed by atoms with Gasteiger partial charge in [-0.1, -0.05) is 11.8 Å². The molecule has 0 radical (unpaired) electrons. The van der Waals surface area contributed by atoms with Crippen LogP contribution in [-0.4, -0.2) is 21.9 Å². The third kappa shape index (κ3) is 3.16. The third-order valence-electron chi connectivity index (χ3n) is 2.18. The number of nitro groups is 1. The van der Waals surface area contributed by atoms with Crippen LogP contribution in [0.4, 0.5) is 16.0 Å². The number of nitrogens with zero attached hydrogens (tertiary/aromatic N) is 3. The zero-order chi connectivity index (χ0) is 13.8. The fourth-order valence-corrected chi connectivity index (χ4v) is 2.15. The van der Waals surface area contributed by atoms with E-state index in [1.807, 2.05) is 0 Å². The van der Waals surface area contributed by atoms with E-state index < -0.39 is 4.92 Å². The van der Waals surface area contributed by atoms with Crippen LogP contribution in [0, 0.1) is 15.9 Å². The van der Waals surface area contributed by atoms with Gasteiger partial charge >= 0.3 is 5.69 Å². The Bertz CT molecular complexity index is 606. The monoisotopic (exact) mass is 280 g/mol. The molecule has 0 saturated heterocycles. The van der Waals surface area contributed by atoms with Gasteiger partial charge in [0, 0.05) is 11.9 Å². The van der Waals surface area contributed by atoms with E-state index in [-0.39, 0.29) is 22.5 Å². The Morgan fingerprint density at radius 2 is 2.05 bits per heavy atom. The summed E-state index contributed by atoms with van der Waals surface area (Å²) in [4.78, 5) is 18.8. The molecule has 0 spiro atoms. The van der Waals surface area contributed by atoms with Crippen LogP contribution in [-0.2, 0) is 0 Å². The number of nitrogens with one attached hydrogen (secondary N) is 1. The number of rotatable bonds is 4. The predicted octanol–water partition coefficient (Wildman–Crippen LogP) is 2.72. The molecule has 0 amide bonds. The zero-order valence-electron chi connectivity index (χ0n) is 9.83. The quantitative estimate of drug-likeness (QED) is 0.527. The van der Waals surface area contributed by atoms with Gasteiger partial charge in [-0.15, -0.1) is 0 Å². The molecule has 1 N–H and O–H groups in total. The fraction of sp³-hybridized carbons (Fsp3) is 0.0909. The second-order valence-corrected chi connectivity index (χ2v) is 4.51. The van der Waals surface area contributed by atoms with Crippen LogP contribution in [0.3, 0.4) is 0 Å². The van der Waals surface area contributed by atoms with Crippen LogP contribution >= 0.6 is 11.8 Å². The number of benzene rings is 1. The Balaban J connectivity index is 2.36. The van der Waals surface area contributed by atoms with Crippen LogP contribution in [0.5, 0.6) is 0 Å². The molecule has 0 saturated carbocycles. The minimum absolute atomic E-state index is 0.187. The number of halogens is 1. The van der Waals surface area contributed by atoms with Crippen molar-refractivity contribution in [3.63, 3.8) is 0 Å². The molecule has 1 aromatic heterocycles. The Morgan fingerprint density at radius 3 is 2.63 bits per heavy atom. The Labute approximate surface area is 112 Å². The van der Waals surface area contributed by atoms with Crippen molar-refractivity contribution in [1.29, 1.82) is 0 Å². The molecule has 0 unspecified atom stereocenters. The molecule has 6 nitrogen and oxygen atoms in total. The summed E-state index contributed by atoms with van der Waals surface area (Å²) in [5, 5.41) is 13.8. The molecule has 1 heterocycles. The van der Waals surface area contributed by atoms with Gasteiger partial charge in [0.05, 0.1) is 4.92 Å². The Hall–Kier alpha value is -2.22. The summed E-state index contributed by atoms with van der Waals surface area (Å²) in [5.74, 6) is -0.0762. The number of aromatic nitrogens is 2. The van der Waals surface area contributed by atoms with Crippen molar-refractivity contribution >= 4 is 23.4 Å². The molecule has 19 heavy (non-hydrogen) atoms. The molecule has 2 aromatic rings. The van der Waals surface area contributed by atoms with Crippen molar-refractivity contribution in [3.05, 3.63) is 46.4 Å². The Morgan fingerprint density at radius 1 is 1.37 bits per heavy atom. The van der Waals surface area contributed by atoms with E-state index in [1.54, 1.807) is 7.05 Å². The van der Waals surface area contributed by atoms with E-state index in [0.29, 0.717) is 4.90 Å². The molecule has 0 aliphatic rings. The minimum atomic E-state index is -0.550. The topological polar surface area (TPSA) is 81.0 Å². The molecule has 0 bridgehead atoms. The average molecular weight is 280 g/mol. The lowest BCUT2D eigenvalue weighted by atomic mass is 10.4. The smallest absolute Gasteiger partial charge is 0.320 e. The molecular weight excluding hydrogens is 271 g/mol. The highest BCUT2D eigenvalue weighted by atomic mass is 32.2. The van der Waals surface area contributed by atoms with E-state index in [9.17, 15) is 14.5 Å². The second kappa shape index (κ2) is 5.61. The molecule has 0 atom stereocenters. The van der Waals surface area contributed by atoms with Gasteiger partial charge in [-0.25, -0.2) is 9.37 Å². The maximum absolute atomic E-state index is 12.8. The van der Waals surface area contributed by atoms with Crippen LogP contribution in [0.25, 0.3) is 0 Å². The van der Waals surface area contributed by atoms with Gasteiger partial charge in [0.25, 0.3) is 0 Å². The Kier molecular flexibility index (Phi) is 3.91. The van der Waals surface area contributed by atoms with Crippen molar-refractivity contribution in [1.82, 2.24) is 9.97 Å². The van der Waals surface area contributed by atoms with Gasteiger partial charge in [0.1, 0.15) is 12.0 Å². The van der Waals surface area contributed by atoms with Gasteiger partial charge in [0.15, 0.2) is 5.03 Å². The van der Waals surface area contributed by atoms with Crippen LogP contribution in [0.15, 0.2) is 40.4 Å². The summed E-state index contributed by atoms with van der Waals surface area (Å²) in [5.41, 5.74) is -0.187. The van der Waals surface area contributed by atoms with E-state index in [0.717, 1.165) is 18.0 Å². The SMILES string of the molecule is CNc1ncc([N+](=O)[O-])c(Sc2ccc(F)cc2)n1. The molecule has 98 valence electrons. The van der Waals surface area contributed by atoms with Crippen LogP contribution in [0.1, 0.15) is 0 Å². The second-order valence-electron chi connectivity index (χ2n) is 3.45. The fourth-order valence-electron chi connectivity index (χ4n) is 1.29. The van der Waals surface area contributed by atoms with Gasteiger partial charge < -0.3 is 5.32 Å². The predicted molar refractivity (Wildman–Crippen MR) is 68.8 cm³/mol. The lowest BCUT2D eigenvalue weighted by Gasteiger charge is -2.04. The van der Waals surface area contributed by atoms with Gasteiger partial charge in [-0.05, 0) is 24.3 Å². The summed E-state index contributed by atoms with van der Waals surface area (Å²) in [6, 6.07) is 5.64. The summed E-state index contributed by atoms with van der Waals surface area (Å²) >= 11 is 1.08. The third-order valence-corrected chi connectivity index (χ3v) is 3.19. The molecule has 1 aromatic carbocycles. The number of hydrogen-bond donors (Lipinski definition) is 1. The molecule has 8 heteroatoms. The first kappa shape index (κ1) is 13.2. The molecule has 0 aliphatic heterocycles. The maximum atomic E-state index is 12.8. The lowest BCUT2D eigenvalue weighted by Crippen LogP contribution is -2.00. The zero-order valence-corrected chi connectivity index (χ0v) is 10.6. The highest BCUT2D eigenvalue weighted by molar-refractivity contribution is 7.99. The van der Waals surface area contributed by atoms with Crippen LogP contribution in [0.2, 0.25) is 0 Å². The normalized spacial score (nSPS) is 10.2. The van der Waals surface area contributed by atoms with Crippen molar-refractivity contribution in [2.24, 2.45) is 0 Å². The van der Waals surface area contributed by atoms with E-state index in [1.165, 1.54) is 24.3 Å². The van der Waals surface area contributed by atoms with Crippen molar-refractivity contribution < 1.29 is 9.31 Å². The first-order valence-corrected chi connectivity index (χ1v) is 6.04. The standard InChI is InChI=1S/C11H9FN4O2S/c1-13-11-14-6-9(16(17)18)10(15-11)19-8-4-2-7(12)3-5-8/h2-6H,1H3,(H,13,14,15). The average Bonchev–Trinajstić information content (AvgIpc) is 2.41. The van der Waals surface area contributed by atoms with E-state index in [4.69, 9.17) is 0 Å². The highest BCUT2D eigenvalue weighted by Gasteiger charge is 2.18. The molecule has 2 rings (SSSR count). The van der Waals surface area contributed by atoms with Crippen molar-refractivity contribution in [2.45, 2.75) is 9.92 Å². The maximum Gasteiger partial charge on any atom is 0.320 e. The summed E-state index contributed by atoms with van der Waals surface area (Å²) in [6.45, 7) is 0. The largest absolute Gasteiger partial charge is 0.357 e. The van der Waals surface area contributed by atoms with Crippen molar-refractivity contribution in [3.8, 4) is 0 Å². The van der Waals surface area contributed by atoms with Crippen LogP contribution < -0.4 is 5.32 Å². The molecule has 0 aliphatic carbocycles. The first-order valence-electron chi connectivity index (χ1n) is 5.23.